The van der Waals surface area contributed by atoms with Crippen LogP contribution >= 0.6 is 0 Å². The number of urea groups is 1. The van der Waals surface area contributed by atoms with Crippen LogP contribution in [0.15, 0.2) is 47.6 Å². The minimum Gasteiger partial charge on any atom is -0.493 e. The minimum absolute atomic E-state index is 0.246. The van der Waals surface area contributed by atoms with Crippen LogP contribution in [0.25, 0.3) is 0 Å². The van der Waals surface area contributed by atoms with E-state index in [4.69, 9.17) is 14.2 Å². The van der Waals surface area contributed by atoms with Crippen molar-refractivity contribution in [1.29, 1.82) is 0 Å². The summed E-state index contributed by atoms with van der Waals surface area (Å²) in [7, 11) is 1.59. The highest BCUT2D eigenvalue weighted by atomic mass is 16.5. The standard InChI is InChI=1S/C24H31N3O4/c1-18-8-11-21(12-9-18)30-14-15-31-22-13-10-19(16-23(22)29-2)17-25-27-24(28)26-20-6-4-3-5-7-20/h8-13,16-17,20H,3-7,14-15H2,1-2H3,(H2,26,27,28). The van der Waals surface area contributed by atoms with Crippen LogP contribution in [-0.2, 0) is 0 Å². The van der Waals surface area contributed by atoms with E-state index in [1.54, 1.807) is 19.4 Å². The summed E-state index contributed by atoms with van der Waals surface area (Å²) in [5.74, 6) is 2.02. The second-order valence-corrected chi connectivity index (χ2v) is 7.60. The molecule has 1 aliphatic rings. The summed E-state index contributed by atoms with van der Waals surface area (Å²) < 4.78 is 16.9. The number of carbonyl (C=O) groups is 1. The second kappa shape index (κ2) is 11.8. The molecule has 1 saturated carbocycles. The molecule has 7 heteroatoms. The second-order valence-electron chi connectivity index (χ2n) is 7.60. The van der Waals surface area contributed by atoms with Gasteiger partial charge in [-0.3, -0.25) is 0 Å². The third-order valence-corrected chi connectivity index (χ3v) is 5.14. The van der Waals surface area contributed by atoms with Gasteiger partial charge in [0.05, 0.1) is 13.3 Å². The molecule has 0 aliphatic heterocycles. The minimum atomic E-state index is -0.274. The van der Waals surface area contributed by atoms with Crippen molar-refractivity contribution in [1.82, 2.24) is 10.7 Å². The molecule has 1 fully saturated rings. The predicted octanol–water partition coefficient (Wildman–Crippen LogP) is 4.43. The van der Waals surface area contributed by atoms with E-state index in [0.29, 0.717) is 24.7 Å². The number of carbonyl (C=O) groups excluding carboxylic acids is 1. The highest BCUT2D eigenvalue weighted by molar-refractivity contribution is 5.82. The van der Waals surface area contributed by atoms with E-state index in [0.717, 1.165) is 24.2 Å². The van der Waals surface area contributed by atoms with Crippen LogP contribution in [0.2, 0.25) is 0 Å². The number of amides is 2. The lowest BCUT2D eigenvalue weighted by atomic mass is 9.96. The van der Waals surface area contributed by atoms with Crippen LogP contribution in [0.3, 0.4) is 0 Å². The van der Waals surface area contributed by atoms with Gasteiger partial charge < -0.3 is 19.5 Å². The van der Waals surface area contributed by atoms with Crippen molar-refractivity contribution in [3.63, 3.8) is 0 Å². The lowest BCUT2D eigenvalue weighted by Gasteiger charge is -2.22. The highest BCUT2D eigenvalue weighted by Crippen LogP contribution is 2.27. The molecule has 7 nitrogen and oxygen atoms in total. The number of nitrogens with one attached hydrogen (secondary N) is 2. The molecule has 0 saturated heterocycles. The maximum atomic E-state index is 12.0. The van der Waals surface area contributed by atoms with Crippen LogP contribution in [0.1, 0.15) is 43.2 Å². The van der Waals surface area contributed by atoms with Gasteiger partial charge in [0.25, 0.3) is 0 Å². The van der Waals surface area contributed by atoms with Crippen molar-refractivity contribution in [3.05, 3.63) is 53.6 Å². The van der Waals surface area contributed by atoms with Crippen molar-refractivity contribution in [2.75, 3.05) is 20.3 Å². The average molecular weight is 426 g/mol. The normalized spacial score (nSPS) is 14.3. The van der Waals surface area contributed by atoms with E-state index in [1.807, 2.05) is 43.3 Å². The van der Waals surface area contributed by atoms with Crippen molar-refractivity contribution in [2.24, 2.45) is 5.10 Å². The summed E-state index contributed by atoms with van der Waals surface area (Å²) in [4.78, 5) is 12.0. The first-order valence-electron chi connectivity index (χ1n) is 10.7. The van der Waals surface area contributed by atoms with E-state index < -0.39 is 0 Å². The van der Waals surface area contributed by atoms with E-state index in [2.05, 4.69) is 15.8 Å². The molecule has 0 bridgehead atoms. The highest BCUT2D eigenvalue weighted by Gasteiger charge is 2.15. The molecule has 166 valence electrons. The Morgan fingerprint density at radius 2 is 1.77 bits per heavy atom. The third-order valence-electron chi connectivity index (χ3n) is 5.14. The molecule has 2 aromatic carbocycles. The van der Waals surface area contributed by atoms with Crippen LogP contribution in [0.5, 0.6) is 17.2 Å². The van der Waals surface area contributed by atoms with Gasteiger partial charge in [0.15, 0.2) is 11.5 Å². The Balaban J connectivity index is 1.44. The Morgan fingerprint density at radius 3 is 2.52 bits per heavy atom. The van der Waals surface area contributed by atoms with Crippen LogP contribution < -0.4 is 25.0 Å². The quantitative estimate of drug-likeness (QED) is 0.354. The number of hydrogen-bond acceptors (Lipinski definition) is 5. The first-order valence-corrected chi connectivity index (χ1v) is 10.7. The molecule has 0 unspecified atom stereocenters. The summed E-state index contributed by atoms with van der Waals surface area (Å²) in [6.07, 6.45) is 7.23. The number of benzene rings is 2. The number of hydrazone groups is 1. The molecule has 0 heterocycles. The molecule has 0 spiro atoms. The van der Waals surface area contributed by atoms with Crippen molar-refractivity contribution in [3.8, 4) is 17.2 Å². The number of ether oxygens (including phenoxy) is 3. The monoisotopic (exact) mass is 425 g/mol. The van der Waals surface area contributed by atoms with Gasteiger partial charge in [0, 0.05) is 6.04 Å². The molecule has 2 aromatic rings. The van der Waals surface area contributed by atoms with Gasteiger partial charge >= 0.3 is 6.03 Å². The van der Waals surface area contributed by atoms with Crippen LogP contribution in [0, 0.1) is 6.92 Å². The van der Waals surface area contributed by atoms with Crippen molar-refractivity contribution < 1.29 is 19.0 Å². The fourth-order valence-corrected chi connectivity index (χ4v) is 3.46. The van der Waals surface area contributed by atoms with Gasteiger partial charge in [-0.15, -0.1) is 0 Å². The van der Waals surface area contributed by atoms with Gasteiger partial charge in [0.2, 0.25) is 0 Å². The summed E-state index contributed by atoms with van der Waals surface area (Å²) in [5, 5.41) is 6.98. The Morgan fingerprint density at radius 1 is 1.03 bits per heavy atom. The van der Waals surface area contributed by atoms with E-state index in [9.17, 15) is 4.79 Å². The van der Waals surface area contributed by atoms with Gasteiger partial charge in [-0.05, 0) is 55.7 Å². The maximum absolute atomic E-state index is 12.0. The molecule has 3 rings (SSSR count). The third kappa shape index (κ3) is 7.51. The Bertz CT molecular complexity index is 862. The summed E-state index contributed by atoms with van der Waals surface area (Å²) in [6, 6.07) is 13.3. The summed E-state index contributed by atoms with van der Waals surface area (Å²) in [6.45, 7) is 2.85. The lowest BCUT2D eigenvalue weighted by molar-refractivity contribution is 0.211. The number of rotatable bonds is 9. The van der Waals surface area contributed by atoms with Gasteiger partial charge in [-0.1, -0.05) is 37.0 Å². The van der Waals surface area contributed by atoms with Gasteiger partial charge in [-0.2, -0.15) is 5.10 Å². The zero-order chi connectivity index (χ0) is 21.9. The fourth-order valence-electron chi connectivity index (χ4n) is 3.46. The number of aryl methyl sites for hydroxylation is 1. The van der Waals surface area contributed by atoms with Gasteiger partial charge in [0.1, 0.15) is 19.0 Å². The van der Waals surface area contributed by atoms with Crippen molar-refractivity contribution >= 4 is 12.2 Å². The maximum Gasteiger partial charge on any atom is 0.335 e. The molecule has 2 N–H and O–H groups in total. The Hall–Kier alpha value is -3.22. The molecule has 31 heavy (non-hydrogen) atoms. The largest absolute Gasteiger partial charge is 0.493 e. The topological polar surface area (TPSA) is 81.2 Å². The van der Waals surface area contributed by atoms with E-state index in [-0.39, 0.29) is 12.1 Å². The summed E-state index contributed by atoms with van der Waals surface area (Å²) in [5.41, 5.74) is 4.50. The fraction of sp³-hybridized carbons (Fsp3) is 0.417. The van der Waals surface area contributed by atoms with E-state index >= 15 is 0 Å². The van der Waals surface area contributed by atoms with Gasteiger partial charge in [-0.25, -0.2) is 10.2 Å². The average Bonchev–Trinajstić information content (AvgIpc) is 2.79. The van der Waals surface area contributed by atoms with E-state index in [1.165, 1.54) is 24.8 Å². The lowest BCUT2D eigenvalue weighted by Crippen LogP contribution is -2.41. The zero-order valence-electron chi connectivity index (χ0n) is 18.2. The molecule has 2 amide bonds. The molecule has 1 aliphatic carbocycles. The Labute approximate surface area is 183 Å². The zero-order valence-corrected chi connectivity index (χ0v) is 18.2. The van der Waals surface area contributed by atoms with Crippen LogP contribution in [0.4, 0.5) is 4.79 Å². The molecular formula is C24H31N3O4. The molecule has 0 atom stereocenters. The SMILES string of the molecule is COc1cc(C=NNC(=O)NC2CCCCC2)ccc1OCCOc1ccc(C)cc1. The van der Waals surface area contributed by atoms with Crippen LogP contribution in [-0.4, -0.2) is 38.6 Å². The van der Waals surface area contributed by atoms with Crippen molar-refractivity contribution in [2.45, 2.75) is 45.1 Å². The predicted molar refractivity (Wildman–Crippen MR) is 121 cm³/mol. The number of nitrogens with zero attached hydrogens (tertiary/aromatic N) is 1. The first-order chi connectivity index (χ1) is 15.1. The molecule has 0 aromatic heterocycles. The number of methoxy groups -OCH3 is 1. The smallest absolute Gasteiger partial charge is 0.335 e. The number of hydrogen-bond donors (Lipinski definition) is 2. The molecular weight excluding hydrogens is 394 g/mol. The first kappa shape index (κ1) is 22.5. The molecule has 0 radical (unpaired) electrons. The summed E-state index contributed by atoms with van der Waals surface area (Å²) >= 11 is 0. The Kier molecular flexibility index (Phi) is 8.58.